The summed E-state index contributed by atoms with van der Waals surface area (Å²) in [6, 6.07) is 0. The molecule has 0 N–H and O–H groups in total. The lowest BCUT2D eigenvalue weighted by Gasteiger charge is -2.03. The average molecular weight is 150 g/mol. The lowest BCUT2D eigenvalue weighted by molar-refractivity contribution is 0.0156. The first-order chi connectivity index (χ1) is 4.70. The summed E-state index contributed by atoms with van der Waals surface area (Å²) in [7, 11) is 0. The molecular formula is C6H8F2O2. The zero-order valence-electron chi connectivity index (χ0n) is 5.35. The van der Waals surface area contributed by atoms with Crippen molar-refractivity contribution in [3.8, 4) is 0 Å². The molecule has 1 heterocycles. The summed E-state index contributed by atoms with van der Waals surface area (Å²) < 4.78 is 34.3. The van der Waals surface area contributed by atoms with Crippen molar-refractivity contribution in [1.82, 2.24) is 0 Å². The predicted octanol–water partition coefficient (Wildman–Crippen LogP) is 1.01. The molecule has 10 heavy (non-hydrogen) atoms. The van der Waals surface area contributed by atoms with Gasteiger partial charge in [-0.15, -0.1) is 0 Å². The van der Waals surface area contributed by atoms with E-state index < -0.39 is 11.8 Å². The maximum atomic E-state index is 12.3. The van der Waals surface area contributed by atoms with Gasteiger partial charge >= 0.3 is 0 Å². The van der Waals surface area contributed by atoms with Gasteiger partial charge in [-0.25, -0.2) is 8.78 Å². The second-order valence-electron chi connectivity index (χ2n) is 2.77. The normalized spacial score (nSPS) is 43.8. The maximum absolute atomic E-state index is 12.3. The Bertz CT molecular complexity index is 140. The van der Waals surface area contributed by atoms with E-state index in [1.54, 1.807) is 0 Å². The van der Waals surface area contributed by atoms with Gasteiger partial charge in [-0.1, -0.05) is 0 Å². The summed E-state index contributed by atoms with van der Waals surface area (Å²) in [5, 5.41) is 0. The van der Waals surface area contributed by atoms with Crippen LogP contribution >= 0.6 is 0 Å². The van der Waals surface area contributed by atoms with Crippen LogP contribution < -0.4 is 0 Å². The highest BCUT2D eigenvalue weighted by Crippen LogP contribution is 2.52. The van der Waals surface area contributed by atoms with E-state index in [0.29, 0.717) is 6.61 Å². The molecule has 0 bridgehead atoms. The van der Waals surface area contributed by atoms with Crippen molar-refractivity contribution in [3.63, 3.8) is 0 Å². The Labute approximate surface area is 57.1 Å². The second-order valence-corrected chi connectivity index (χ2v) is 2.77. The first-order valence-electron chi connectivity index (χ1n) is 3.27. The van der Waals surface area contributed by atoms with E-state index in [2.05, 4.69) is 0 Å². The van der Waals surface area contributed by atoms with E-state index in [1.807, 2.05) is 0 Å². The van der Waals surface area contributed by atoms with E-state index in [9.17, 15) is 8.78 Å². The van der Waals surface area contributed by atoms with E-state index >= 15 is 0 Å². The lowest BCUT2D eigenvalue weighted by Crippen LogP contribution is -2.16. The molecule has 2 aliphatic rings. The maximum Gasteiger partial charge on any atom is 0.254 e. The summed E-state index contributed by atoms with van der Waals surface area (Å²) in [6.07, 6.45) is -0.379. The van der Waals surface area contributed by atoms with Gasteiger partial charge in [0.2, 0.25) is 0 Å². The number of rotatable bonds is 1. The Kier molecular flexibility index (Phi) is 1.22. The first kappa shape index (κ1) is 6.49. The smallest absolute Gasteiger partial charge is 0.254 e. The van der Waals surface area contributed by atoms with Crippen LogP contribution in [0.4, 0.5) is 8.78 Å². The minimum Gasteiger partial charge on any atom is -0.353 e. The molecule has 58 valence electrons. The molecule has 1 aliphatic carbocycles. The number of ether oxygens (including phenoxy) is 2. The third-order valence-electron chi connectivity index (χ3n) is 1.97. The minimum atomic E-state index is -2.47. The summed E-state index contributed by atoms with van der Waals surface area (Å²) in [5.41, 5.74) is 0. The lowest BCUT2D eigenvalue weighted by atomic mass is 10.2. The summed E-state index contributed by atoms with van der Waals surface area (Å²) in [5.74, 6) is -3.05. The van der Waals surface area contributed by atoms with Crippen molar-refractivity contribution in [1.29, 1.82) is 0 Å². The minimum absolute atomic E-state index is 0.0268. The number of halogens is 2. The highest BCUT2D eigenvalue weighted by molar-refractivity contribution is 5.00. The van der Waals surface area contributed by atoms with Gasteiger partial charge in [-0.2, -0.15) is 0 Å². The van der Waals surface area contributed by atoms with Crippen LogP contribution in [0.5, 0.6) is 0 Å². The average Bonchev–Trinajstić information content (AvgIpc) is 2.31. The Hall–Kier alpha value is -0.220. The van der Waals surface area contributed by atoms with Crippen molar-refractivity contribution in [2.24, 2.45) is 5.92 Å². The van der Waals surface area contributed by atoms with Gasteiger partial charge in [0, 0.05) is 6.42 Å². The van der Waals surface area contributed by atoms with Crippen LogP contribution in [0.25, 0.3) is 0 Å². The molecule has 1 aliphatic heterocycles. The molecule has 1 saturated carbocycles. The Morgan fingerprint density at radius 1 is 1.40 bits per heavy atom. The second kappa shape index (κ2) is 1.89. The first-order valence-corrected chi connectivity index (χ1v) is 3.27. The zero-order valence-corrected chi connectivity index (χ0v) is 5.35. The van der Waals surface area contributed by atoms with Crippen molar-refractivity contribution in [2.45, 2.75) is 18.4 Å². The predicted molar refractivity (Wildman–Crippen MR) is 28.7 cm³/mol. The molecule has 2 fully saturated rings. The van der Waals surface area contributed by atoms with Gasteiger partial charge in [0.05, 0.1) is 18.6 Å². The van der Waals surface area contributed by atoms with Gasteiger partial charge < -0.3 is 9.47 Å². The van der Waals surface area contributed by atoms with E-state index in [4.69, 9.17) is 9.47 Å². The van der Waals surface area contributed by atoms with Crippen LogP contribution in [-0.4, -0.2) is 25.4 Å². The molecule has 1 saturated heterocycles. The van der Waals surface area contributed by atoms with Crippen LogP contribution in [0.2, 0.25) is 0 Å². The molecule has 0 aromatic rings. The monoisotopic (exact) mass is 150 g/mol. The topological polar surface area (TPSA) is 18.5 Å². The molecule has 2 nitrogen and oxygen atoms in total. The van der Waals surface area contributed by atoms with Crippen molar-refractivity contribution >= 4 is 0 Å². The van der Waals surface area contributed by atoms with Crippen LogP contribution in [0.15, 0.2) is 0 Å². The van der Waals surface area contributed by atoms with Crippen molar-refractivity contribution in [3.05, 3.63) is 0 Å². The molecule has 4 heteroatoms. The molecule has 2 atom stereocenters. The highest BCUT2D eigenvalue weighted by atomic mass is 19.3. The molecule has 0 amide bonds. The fourth-order valence-corrected chi connectivity index (χ4v) is 1.22. The molecule has 0 aromatic carbocycles. The summed E-state index contributed by atoms with van der Waals surface area (Å²) in [4.78, 5) is 0. The molecule has 2 rings (SSSR count). The standard InChI is InChI=1S/C6H8F2O2/c7-6(8)1-4(6)5-2-9-3-10-5/h4-5H,1-3H2. The SMILES string of the molecule is FC1(F)CC1C1COCO1. The number of alkyl halides is 2. The van der Waals surface area contributed by atoms with Crippen LogP contribution in [-0.2, 0) is 9.47 Å². The van der Waals surface area contributed by atoms with E-state index in [-0.39, 0.29) is 19.3 Å². The van der Waals surface area contributed by atoms with Crippen LogP contribution in [0.1, 0.15) is 6.42 Å². The fraction of sp³-hybridized carbons (Fsp3) is 1.00. The Balaban J connectivity index is 1.90. The highest BCUT2D eigenvalue weighted by Gasteiger charge is 2.61. The third kappa shape index (κ3) is 0.914. The zero-order chi connectivity index (χ0) is 7.19. The van der Waals surface area contributed by atoms with Crippen LogP contribution in [0.3, 0.4) is 0 Å². The van der Waals surface area contributed by atoms with Crippen LogP contribution in [0, 0.1) is 5.92 Å². The van der Waals surface area contributed by atoms with E-state index in [0.717, 1.165) is 0 Å². The van der Waals surface area contributed by atoms with Gasteiger partial charge in [0.15, 0.2) is 0 Å². The van der Waals surface area contributed by atoms with Gasteiger partial charge in [-0.3, -0.25) is 0 Å². The van der Waals surface area contributed by atoms with E-state index in [1.165, 1.54) is 0 Å². The van der Waals surface area contributed by atoms with Gasteiger partial charge in [0.25, 0.3) is 5.92 Å². The fourth-order valence-electron chi connectivity index (χ4n) is 1.22. The van der Waals surface area contributed by atoms with Gasteiger partial charge in [-0.05, 0) is 0 Å². The third-order valence-corrected chi connectivity index (χ3v) is 1.97. The van der Waals surface area contributed by atoms with Crippen molar-refractivity contribution in [2.75, 3.05) is 13.4 Å². The Morgan fingerprint density at radius 3 is 2.50 bits per heavy atom. The largest absolute Gasteiger partial charge is 0.353 e. The molecule has 2 unspecified atom stereocenters. The molecule has 0 radical (unpaired) electrons. The summed E-state index contributed by atoms with van der Waals surface area (Å²) in [6.45, 7) is 0.511. The molecular weight excluding hydrogens is 142 g/mol. The van der Waals surface area contributed by atoms with Crippen molar-refractivity contribution < 1.29 is 18.3 Å². The molecule has 0 aromatic heterocycles. The summed E-state index contributed by atoms with van der Waals surface area (Å²) >= 11 is 0. The quantitative estimate of drug-likeness (QED) is 0.555. The number of hydrogen-bond donors (Lipinski definition) is 0. The Morgan fingerprint density at radius 2 is 2.10 bits per heavy atom. The molecule has 0 spiro atoms. The van der Waals surface area contributed by atoms with Gasteiger partial charge in [0.1, 0.15) is 6.79 Å². The number of hydrogen-bond acceptors (Lipinski definition) is 2.